The van der Waals surface area contributed by atoms with Gasteiger partial charge >= 0.3 is 0 Å². The topological polar surface area (TPSA) is 29.1 Å². The highest BCUT2D eigenvalue weighted by atomic mass is 16.1. The molecule has 2 aromatic carbocycles. The number of benzene rings is 2. The summed E-state index contributed by atoms with van der Waals surface area (Å²) in [5, 5.41) is 3.10. The molecule has 0 saturated heterocycles. The monoisotopic (exact) mass is 293 g/mol. The number of carbonyl (C=O) groups excluding carboxylic acids is 1. The number of fused-ring (bicyclic) bond motifs is 1. The summed E-state index contributed by atoms with van der Waals surface area (Å²) >= 11 is 0. The molecule has 1 atom stereocenters. The van der Waals surface area contributed by atoms with Crippen molar-refractivity contribution in [1.82, 2.24) is 5.32 Å². The Bertz CT molecular complexity index is 673. The third kappa shape index (κ3) is 3.22. The number of hydrogen-bond acceptors (Lipinski definition) is 1. The standard InChI is InChI=1S/C20H23NO/c1-14-7-9-16(10-8-14)15(2)21-20(22)19-12-11-17-5-3-4-6-18(17)13-19/h7-13,15H,3-6H2,1-2H3,(H,21,22)/t15-/m1/s1. The molecule has 0 aliphatic heterocycles. The lowest BCUT2D eigenvalue weighted by Gasteiger charge is -2.18. The third-order valence-corrected chi connectivity index (χ3v) is 4.54. The van der Waals surface area contributed by atoms with E-state index in [2.05, 4.69) is 48.6 Å². The summed E-state index contributed by atoms with van der Waals surface area (Å²) < 4.78 is 0. The number of hydrogen-bond donors (Lipinski definition) is 1. The number of aryl methyl sites for hydroxylation is 3. The molecule has 1 N–H and O–H groups in total. The first-order valence-electron chi connectivity index (χ1n) is 8.13. The molecule has 0 heterocycles. The Hall–Kier alpha value is -2.09. The molecule has 2 heteroatoms. The van der Waals surface area contributed by atoms with Crippen molar-refractivity contribution in [3.8, 4) is 0 Å². The summed E-state index contributed by atoms with van der Waals surface area (Å²) in [6.45, 7) is 4.10. The zero-order valence-corrected chi connectivity index (χ0v) is 13.4. The summed E-state index contributed by atoms with van der Waals surface area (Å²) in [5.74, 6) is 0.0152. The molecular formula is C20H23NO. The van der Waals surface area contributed by atoms with Crippen molar-refractivity contribution in [2.24, 2.45) is 0 Å². The molecule has 1 amide bonds. The molecule has 2 aromatic rings. The van der Waals surface area contributed by atoms with Gasteiger partial charge in [-0.15, -0.1) is 0 Å². The second kappa shape index (κ2) is 6.35. The Labute approximate surface area is 132 Å². The molecule has 0 saturated carbocycles. The smallest absolute Gasteiger partial charge is 0.251 e. The summed E-state index contributed by atoms with van der Waals surface area (Å²) in [4.78, 5) is 12.5. The minimum atomic E-state index is 0.0152. The van der Waals surface area contributed by atoms with Crippen LogP contribution in [0.4, 0.5) is 0 Å². The van der Waals surface area contributed by atoms with Crippen LogP contribution in [0.3, 0.4) is 0 Å². The van der Waals surface area contributed by atoms with Crippen molar-refractivity contribution in [3.63, 3.8) is 0 Å². The lowest BCUT2D eigenvalue weighted by Crippen LogP contribution is -2.26. The number of rotatable bonds is 3. The molecule has 0 fully saturated rings. The lowest BCUT2D eigenvalue weighted by molar-refractivity contribution is 0.0939. The Morgan fingerprint density at radius 3 is 2.41 bits per heavy atom. The largest absolute Gasteiger partial charge is 0.346 e. The average molecular weight is 293 g/mol. The molecule has 0 unspecified atom stereocenters. The van der Waals surface area contributed by atoms with Crippen LogP contribution in [0.2, 0.25) is 0 Å². The molecule has 0 spiro atoms. The van der Waals surface area contributed by atoms with E-state index in [-0.39, 0.29) is 11.9 Å². The van der Waals surface area contributed by atoms with Crippen LogP contribution in [0.25, 0.3) is 0 Å². The van der Waals surface area contributed by atoms with Gasteiger partial charge in [0.25, 0.3) is 5.91 Å². The van der Waals surface area contributed by atoms with Crippen LogP contribution >= 0.6 is 0 Å². The van der Waals surface area contributed by atoms with Gasteiger partial charge in [0.15, 0.2) is 0 Å². The van der Waals surface area contributed by atoms with Gasteiger partial charge in [0.1, 0.15) is 0 Å². The van der Waals surface area contributed by atoms with E-state index in [1.807, 2.05) is 13.0 Å². The minimum Gasteiger partial charge on any atom is -0.346 e. The highest BCUT2D eigenvalue weighted by Crippen LogP contribution is 2.22. The SMILES string of the molecule is Cc1ccc([C@@H](C)NC(=O)c2ccc3c(c2)CCCC3)cc1. The fraction of sp³-hybridized carbons (Fsp3) is 0.350. The average Bonchev–Trinajstić information content (AvgIpc) is 2.55. The van der Waals surface area contributed by atoms with Gasteiger partial charge in [-0.05, 0) is 68.4 Å². The molecule has 0 aromatic heterocycles. The Balaban J connectivity index is 1.72. The maximum Gasteiger partial charge on any atom is 0.251 e. The highest BCUT2D eigenvalue weighted by molar-refractivity contribution is 5.94. The number of carbonyl (C=O) groups is 1. The van der Waals surface area contributed by atoms with E-state index < -0.39 is 0 Å². The van der Waals surface area contributed by atoms with Crippen LogP contribution in [0, 0.1) is 6.92 Å². The summed E-state index contributed by atoms with van der Waals surface area (Å²) in [7, 11) is 0. The maximum atomic E-state index is 12.5. The van der Waals surface area contributed by atoms with Crippen LogP contribution in [-0.2, 0) is 12.8 Å². The van der Waals surface area contributed by atoms with Crippen LogP contribution < -0.4 is 5.32 Å². The predicted molar refractivity (Wildman–Crippen MR) is 90.1 cm³/mol. The quantitative estimate of drug-likeness (QED) is 0.894. The normalized spacial score (nSPS) is 15.0. The Morgan fingerprint density at radius 1 is 1.00 bits per heavy atom. The van der Waals surface area contributed by atoms with Gasteiger partial charge in [0, 0.05) is 5.56 Å². The van der Waals surface area contributed by atoms with Crippen molar-refractivity contribution in [1.29, 1.82) is 0 Å². The zero-order valence-electron chi connectivity index (χ0n) is 13.4. The molecule has 114 valence electrons. The fourth-order valence-corrected chi connectivity index (χ4v) is 3.09. The van der Waals surface area contributed by atoms with E-state index in [0.29, 0.717) is 0 Å². The fourth-order valence-electron chi connectivity index (χ4n) is 3.09. The second-order valence-corrected chi connectivity index (χ2v) is 6.30. The first-order valence-corrected chi connectivity index (χ1v) is 8.13. The van der Waals surface area contributed by atoms with E-state index in [1.54, 1.807) is 0 Å². The van der Waals surface area contributed by atoms with E-state index in [9.17, 15) is 4.79 Å². The van der Waals surface area contributed by atoms with Crippen molar-refractivity contribution in [2.75, 3.05) is 0 Å². The van der Waals surface area contributed by atoms with E-state index in [1.165, 1.54) is 29.5 Å². The van der Waals surface area contributed by atoms with Gasteiger partial charge in [-0.3, -0.25) is 4.79 Å². The van der Waals surface area contributed by atoms with Crippen LogP contribution in [0.15, 0.2) is 42.5 Å². The predicted octanol–water partition coefficient (Wildman–Crippen LogP) is 4.36. The van der Waals surface area contributed by atoms with E-state index in [0.717, 1.165) is 24.0 Å². The maximum absolute atomic E-state index is 12.5. The second-order valence-electron chi connectivity index (χ2n) is 6.30. The molecule has 1 aliphatic carbocycles. The molecule has 2 nitrogen and oxygen atoms in total. The molecule has 22 heavy (non-hydrogen) atoms. The van der Waals surface area contributed by atoms with Crippen molar-refractivity contribution < 1.29 is 4.79 Å². The van der Waals surface area contributed by atoms with Crippen LogP contribution in [0.5, 0.6) is 0 Å². The summed E-state index contributed by atoms with van der Waals surface area (Å²) in [6.07, 6.45) is 4.75. The Kier molecular flexibility index (Phi) is 4.28. The zero-order chi connectivity index (χ0) is 15.5. The Morgan fingerprint density at radius 2 is 1.68 bits per heavy atom. The molecule has 3 rings (SSSR count). The number of nitrogens with one attached hydrogen (secondary N) is 1. The summed E-state index contributed by atoms with van der Waals surface area (Å²) in [5.41, 5.74) is 5.91. The molecule has 0 radical (unpaired) electrons. The van der Waals surface area contributed by atoms with E-state index >= 15 is 0 Å². The lowest BCUT2D eigenvalue weighted by atomic mass is 9.90. The van der Waals surface area contributed by atoms with Crippen molar-refractivity contribution >= 4 is 5.91 Å². The molecular weight excluding hydrogens is 270 g/mol. The minimum absolute atomic E-state index is 0.0152. The van der Waals surface area contributed by atoms with Gasteiger partial charge in [0.2, 0.25) is 0 Å². The van der Waals surface area contributed by atoms with Crippen molar-refractivity contribution in [3.05, 3.63) is 70.3 Å². The first-order chi connectivity index (χ1) is 10.6. The third-order valence-electron chi connectivity index (χ3n) is 4.54. The molecule has 0 bridgehead atoms. The van der Waals surface area contributed by atoms with Gasteiger partial charge in [0.05, 0.1) is 6.04 Å². The highest BCUT2D eigenvalue weighted by Gasteiger charge is 2.15. The number of amides is 1. The van der Waals surface area contributed by atoms with Gasteiger partial charge in [-0.1, -0.05) is 35.9 Å². The van der Waals surface area contributed by atoms with Crippen LogP contribution in [0.1, 0.15) is 58.4 Å². The van der Waals surface area contributed by atoms with E-state index in [4.69, 9.17) is 0 Å². The van der Waals surface area contributed by atoms with Crippen molar-refractivity contribution in [2.45, 2.75) is 45.6 Å². The molecule has 1 aliphatic rings. The first kappa shape index (κ1) is 14.8. The summed E-state index contributed by atoms with van der Waals surface area (Å²) in [6, 6.07) is 14.5. The van der Waals surface area contributed by atoms with Gasteiger partial charge < -0.3 is 5.32 Å². The van der Waals surface area contributed by atoms with Crippen LogP contribution in [-0.4, -0.2) is 5.91 Å². The van der Waals surface area contributed by atoms with Gasteiger partial charge in [-0.2, -0.15) is 0 Å². The van der Waals surface area contributed by atoms with Gasteiger partial charge in [-0.25, -0.2) is 0 Å².